The van der Waals surface area contributed by atoms with Gasteiger partial charge in [0.25, 0.3) is 0 Å². The summed E-state index contributed by atoms with van der Waals surface area (Å²) in [4.78, 5) is 17.0. The minimum Gasteiger partial charge on any atom is -0.373 e. The Bertz CT molecular complexity index is 647. The highest BCUT2D eigenvalue weighted by molar-refractivity contribution is 5.89. The van der Waals surface area contributed by atoms with Crippen molar-refractivity contribution in [2.75, 3.05) is 31.5 Å². The molecule has 134 valence electrons. The molecular weight excluding hydrogens is 316 g/mol. The third kappa shape index (κ3) is 4.50. The van der Waals surface area contributed by atoms with E-state index in [-0.39, 0.29) is 24.3 Å². The Morgan fingerprint density at radius 1 is 1.36 bits per heavy atom. The number of anilines is 1. The molecule has 25 heavy (non-hydrogen) atoms. The number of carbonyl (C=O) groups excluding carboxylic acids is 1. The van der Waals surface area contributed by atoms with Gasteiger partial charge in [-0.05, 0) is 44.9 Å². The van der Waals surface area contributed by atoms with Gasteiger partial charge >= 0.3 is 6.03 Å². The van der Waals surface area contributed by atoms with E-state index < -0.39 is 0 Å². The summed E-state index contributed by atoms with van der Waals surface area (Å²) in [5.74, 6) is 0. The van der Waals surface area contributed by atoms with Crippen LogP contribution in [0.1, 0.15) is 32.3 Å². The van der Waals surface area contributed by atoms with Crippen LogP contribution in [0.25, 0.3) is 0 Å². The molecule has 1 aromatic rings. The summed E-state index contributed by atoms with van der Waals surface area (Å²) < 4.78 is 5.80. The number of benzene rings is 1. The number of nitriles is 1. The van der Waals surface area contributed by atoms with Crippen LogP contribution in [0.3, 0.4) is 0 Å². The van der Waals surface area contributed by atoms with Crippen LogP contribution >= 0.6 is 0 Å². The lowest BCUT2D eigenvalue weighted by Gasteiger charge is -2.38. The first-order valence-electron chi connectivity index (χ1n) is 9.00. The van der Waals surface area contributed by atoms with Crippen molar-refractivity contribution in [2.45, 2.75) is 44.9 Å². The van der Waals surface area contributed by atoms with Gasteiger partial charge in [-0.1, -0.05) is 6.07 Å². The third-order valence-corrected chi connectivity index (χ3v) is 4.85. The molecule has 0 unspecified atom stereocenters. The number of carbonyl (C=O) groups is 1. The van der Waals surface area contributed by atoms with Gasteiger partial charge in [0.15, 0.2) is 0 Å². The van der Waals surface area contributed by atoms with Crippen LogP contribution in [-0.4, -0.2) is 60.3 Å². The summed E-state index contributed by atoms with van der Waals surface area (Å²) >= 11 is 0. The molecule has 1 N–H and O–H groups in total. The molecule has 0 bridgehead atoms. The van der Waals surface area contributed by atoms with Gasteiger partial charge in [0.2, 0.25) is 0 Å². The zero-order valence-corrected chi connectivity index (χ0v) is 14.9. The van der Waals surface area contributed by atoms with Gasteiger partial charge in [-0.25, -0.2) is 4.79 Å². The van der Waals surface area contributed by atoms with E-state index in [1.165, 1.54) is 0 Å². The monoisotopic (exact) mass is 342 g/mol. The van der Waals surface area contributed by atoms with Crippen molar-refractivity contribution < 1.29 is 9.53 Å². The molecule has 0 saturated carbocycles. The van der Waals surface area contributed by atoms with Crippen LogP contribution in [0.2, 0.25) is 0 Å². The van der Waals surface area contributed by atoms with Gasteiger partial charge < -0.3 is 15.0 Å². The summed E-state index contributed by atoms with van der Waals surface area (Å²) in [6.45, 7) is 7.71. The lowest BCUT2D eigenvalue weighted by molar-refractivity contribution is -0.0712. The van der Waals surface area contributed by atoms with Gasteiger partial charge in [-0.3, -0.25) is 4.90 Å². The number of hydrogen-bond acceptors (Lipinski definition) is 4. The second-order valence-corrected chi connectivity index (χ2v) is 7.09. The van der Waals surface area contributed by atoms with Crippen molar-refractivity contribution >= 4 is 11.7 Å². The number of hydrogen-bond donors (Lipinski definition) is 1. The predicted molar refractivity (Wildman–Crippen MR) is 96.4 cm³/mol. The fraction of sp³-hybridized carbons (Fsp3) is 0.579. The second kappa shape index (κ2) is 7.85. The SMILES string of the molecule is C[C@@H]1CN(C[C@@H]2CCCN2C(=O)Nc2cccc(C#N)c2)C[C@@H](C)O1. The molecule has 2 fully saturated rings. The minimum absolute atomic E-state index is 0.0769. The van der Waals surface area contributed by atoms with Crippen molar-refractivity contribution in [3.05, 3.63) is 29.8 Å². The average molecular weight is 342 g/mol. The van der Waals surface area contributed by atoms with Crippen LogP contribution in [-0.2, 0) is 4.74 Å². The minimum atomic E-state index is -0.0769. The molecule has 6 nitrogen and oxygen atoms in total. The van der Waals surface area contributed by atoms with Gasteiger partial charge in [-0.15, -0.1) is 0 Å². The molecule has 0 spiro atoms. The summed E-state index contributed by atoms with van der Waals surface area (Å²) in [6, 6.07) is 9.29. The van der Waals surface area contributed by atoms with Crippen molar-refractivity contribution in [2.24, 2.45) is 0 Å². The fourth-order valence-corrected chi connectivity index (χ4v) is 3.89. The highest BCUT2D eigenvalue weighted by atomic mass is 16.5. The average Bonchev–Trinajstić information content (AvgIpc) is 3.02. The summed E-state index contributed by atoms with van der Waals surface area (Å²) in [6.07, 6.45) is 2.54. The van der Waals surface area contributed by atoms with E-state index in [0.29, 0.717) is 11.3 Å². The van der Waals surface area contributed by atoms with Gasteiger partial charge in [0, 0.05) is 37.9 Å². The van der Waals surface area contributed by atoms with E-state index in [4.69, 9.17) is 10.00 Å². The maximum atomic E-state index is 12.7. The Kier molecular flexibility index (Phi) is 5.57. The third-order valence-electron chi connectivity index (χ3n) is 4.85. The first-order chi connectivity index (χ1) is 12.0. The highest BCUT2D eigenvalue weighted by Gasteiger charge is 2.32. The standard InChI is InChI=1S/C19H26N4O2/c1-14-11-22(12-15(2)25-14)13-18-7-4-8-23(18)19(24)21-17-6-3-5-16(9-17)10-20/h3,5-6,9,14-15,18H,4,7-8,11-13H2,1-2H3,(H,21,24)/t14-,15-,18+/m1/s1. The van der Waals surface area contributed by atoms with Gasteiger partial charge in [0.1, 0.15) is 0 Å². The van der Waals surface area contributed by atoms with Crippen LogP contribution in [0.5, 0.6) is 0 Å². The molecule has 0 aromatic heterocycles. The van der Waals surface area contributed by atoms with Crippen LogP contribution in [0, 0.1) is 11.3 Å². The first-order valence-corrected chi connectivity index (χ1v) is 9.00. The summed E-state index contributed by atoms with van der Waals surface area (Å²) in [7, 11) is 0. The zero-order valence-electron chi connectivity index (χ0n) is 14.9. The Morgan fingerprint density at radius 3 is 2.84 bits per heavy atom. The van der Waals surface area contributed by atoms with Gasteiger partial charge in [0.05, 0.1) is 23.8 Å². The number of ether oxygens (including phenoxy) is 1. The van der Waals surface area contributed by atoms with E-state index in [2.05, 4.69) is 30.1 Å². The normalized spacial score (nSPS) is 27.1. The summed E-state index contributed by atoms with van der Waals surface area (Å²) in [5.41, 5.74) is 1.22. The molecule has 2 aliphatic heterocycles. The number of nitrogens with one attached hydrogen (secondary N) is 1. The first kappa shape index (κ1) is 17.7. The quantitative estimate of drug-likeness (QED) is 0.917. The second-order valence-electron chi connectivity index (χ2n) is 7.09. The number of morpholine rings is 1. The largest absolute Gasteiger partial charge is 0.373 e. The molecular formula is C19H26N4O2. The molecule has 2 saturated heterocycles. The lowest BCUT2D eigenvalue weighted by atomic mass is 10.1. The number of rotatable bonds is 3. The number of likely N-dealkylation sites (tertiary alicyclic amines) is 1. The molecule has 6 heteroatoms. The van der Waals surface area contributed by atoms with Crippen LogP contribution in [0.15, 0.2) is 24.3 Å². The molecule has 2 heterocycles. The Morgan fingerprint density at radius 2 is 2.12 bits per heavy atom. The Balaban J connectivity index is 1.60. The maximum absolute atomic E-state index is 12.7. The van der Waals surface area contributed by atoms with E-state index in [0.717, 1.165) is 39.0 Å². The zero-order chi connectivity index (χ0) is 17.8. The Labute approximate surface area is 149 Å². The number of urea groups is 1. The van der Waals surface area contributed by atoms with Crippen LogP contribution in [0.4, 0.5) is 10.5 Å². The van der Waals surface area contributed by atoms with Crippen molar-refractivity contribution in [3.63, 3.8) is 0 Å². The number of nitrogens with zero attached hydrogens (tertiary/aromatic N) is 3. The molecule has 2 aliphatic rings. The molecule has 3 rings (SSSR count). The fourth-order valence-electron chi connectivity index (χ4n) is 3.89. The summed E-state index contributed by atoms with van der Waals surface area (Å²) in [5, 5.41) is 11.9. The predicted octanol–water partition coefficient (Wildman–Crippen LogP) is 2.66. The van der Waals surface area contributed by atoms with Crippen molar-refractivity contribution in [3.8, 4) is 6.07 Å². The lowest BCUT2D eigenvalue weighted by Crippen LogP contribution is -2.51. The Hall–Kier alpha value is -2.10. The topological polar surface area (TPSA) is 68.6 Å². The van der Waals surface area contributed by atoms with Crippen molar-refractivity contribution in [1.29, 1.82) is 5.26 Å². The van der Waals surface area contributed by atoms with Gasteiger partial charge in [-0.2, -0.15) is 5.26 Å². The van der Waals surface area contributed by atoms with Crippen LogP contribution < -0.4 is 5.32 Å². The van der Waals surface area contributed by atoms with Crippen molar-refractivity contribution in [1.82, 2.24) is 9.80 Å². The highest BCUT2D eigenvalue weighted by Crippen LogP contribution is 2.22. The van der Waals surface area contributed by atoms with E-state index >= 15 is 0 Å². The molecule has 3 atom stereocenters. The number of amides is 2. The molecule has 2 amide bonds. The molecule has 0 radical (unpaired) electrons. The smallest absolute Gasteiger partial charge is 0.322 e. The van der Waals surface area contributed by atoms with E-state index in [1.54, 1.807) is 18.2 Å². The van der Waals surface area contributed by atoms with E-state index in [1.807, 2.05) is 11.0 Å². The van der Waals surface area contributed by atoms with E-state index in [9.17, 15) is 4.79 Å². The molecule has 1 aromatic carbocycles. The molecule has 0 aliphatic carbocycles. The maximum Gasteiger partial charge on any atom is 0.322 e.